The molecule has 2 heterocycles. The number of nitrogens with zero attached hydrogens (tertiary/aromatic N) is 1. The highest BCUT2D eigenvalue weighted by atomic mass is 79.9. The maximum atomic E-state index is 11.7. The van der Waals surface area contributed by atoms with Crippen LogP contribution in [0.25, 0.3) is 11.3 Å². The molecule has 3 rings (SSSR count). The van der Waals surface area contributed by atoms with E-state index in [-0.39, 0.29) is 12.4 Å². The number of ether oxygens (including phenoxy) is 1. The molecule has 0 spiro atoms. The monoisotopic (exact) mass is 381 g/mol. The van der Waals surface area contributed by atoms with E-state index in [1.165, 1.54) is 6.07 Å². The van der Waals surface area contributed by atoms with E-state index in [9.17, 15) is 4.79 Å². The Morgan fingerprint density at radius 3 is 2.68 bits per heavy atom. The van der Waals surface area contributed by atoms with Gasteiger partial charge in [-0.05, 0) is 52.3 Å². The van der Waals surface area contributed by atoms with Crippen molar-refractivity contribution in [2.75, 3.05) is 0 Å². The number of hydrogen-bond donors (Lipinski definition) is 0. The molecule has 0 atom stereocenters. The minimum atomic E-state index is -0.568. The van der Waals surface area contributed by atoms with Gasteiger partial charge in [0.2, 0.25) is 5.76 Å². The Labute approximate surface area is 138 Å². The Morgan fingerprint density at radius 1 is 1.23 bits per heavy atom. The molecule has 3 aromatic rings. The van der Waals surface area contributed by atoms with E-state index >= 15 is 0 Å². The van der Waals surface area contributed by atoms with Crippen LogP contribution in [0.15, 0.2) is 56.1 Å². The number of carbonyl (C=O) groups is 1. The van der Waals surface area contributed by atoms with Crippen LogP contribution in [0.1, 0.15) is 16.2 Å². The molecule has 2 aromatic heterocycles. The number of carbonyl (C=O) groups excluding carboxylic acids is 1. The van der Waals surface area contributed by atoms with Crippen molar-refractivity contribution < 1.29 is 18.5 Å². The van der Waals surface area contributed by atoms with Crippen LogP contribution in [0.2, 0.25) is 5.02 Å². The van der Waals surface area contributed by atoms with Crippen LogP contribution in [0.4, 0.5) is 0 Å². The van der Waals surface area contributed by atoms with Crippen LogP contribution in [-0.4, -0.2) is 11.1 Å². The molecule has 5 nitrogen and oxygen atoms in total. The number of halogens is 2. The Bertz CT molecular complexity index is 794. The lowest BCUT2D eigenvalue weighted by atomic mass is 10.2. The minimum Gasteiger partial charge on any atom is -0.453 e. The van der Waals surface area contributed by atoms with Gasteiger partial charge in [-0.3, -0.25) is 0 Å². The number of benzene rings is 1. The van der Waals surface area contributed by atoms with Crippen LogP contribution in [-0.2, 0) is 11.3 Å². The van der Waals surface area contributed by atoms with Crippen molar-refractivity contribution in [1.82, 2.24) is 5.16 Å². The fraction of sp³-hybridized carbons (Fsp3) is 0.0667. The van der Waals surface area contributed by atoms with Gasteiger partial charge in [-0.1, -0.05) is 16.8 Å². The van der Waals surface area contributed by atoms with Gasteiger partial charge in [-0.25, -0.2) is 4.79 Å². The first-order chi connectivity index (χ1) is 10.6. The molecule has 0 amide bonds. The number of esters is 1. The Hall–Kier alpha value is -2.05. The van der Waals surface area contributed by atoms with Crippen molar-refractivity contribution in [3.05, 3.63) is 63.6 Å². The zero-order valence-corrected chi connectivity index (χ0v) is 13.4. The zero-order valence-electron chi connectivity index (χ0n) is 11.1. The average Bonchev–Trinajstić information content (AvgIpc) is 3.15. The van der Waals surface area contributed by atoms with Gasteiger partial charge >= 0.3 is 5.97 Å². The summed E-state index contributed by atoms with van der Waals surface area (Å²) in [6.07, 6.45) is 0. The number of furan rings is 1. The van der Waals surface area contributed by atoms with Crippen LogP contribution in [0, 0.1) is 0 Å². The normalized spacial score (nSPS) is 10.6. The molecule has 0 radical (unpaired) electrons. The molecule has 0 saturated carbocycles. The summed E-state index contributed by atoms with van der Waals surface area (Å²) in [6.45, 7) is -0.00571. The lowest BCUT2D eigenvalue weighted by molar-refractivity contribution is 0.0426. The molecule has 1 aromatic carbocycles. The lowest BCUT2D eigenvalue weighted by Crippen LogP contribution is -2.03. The van der Waals surface area contributed by atoms with E-state index in [1.807, 2.05) is 12.1 Å². The lowest BCUT2D eigenvalue weighted by Gasteiger charge is -1.98. The van der Waals surface area contributed by atoms with Gasteiger partial charge in [-0.15, -0.1) is 0 Å². The molecule has 7 heteroatoms. The average molecular weight is 383 g/mol. The predicted octanol–water partition coefficient (Wildman–Crippen LogP) is 4.71. The quantitative estimate of drug-likeness (QED) is 0.612. The van der Waals surface area contributed by atoms with E-state index in [0.29, 0.717) is 21.1 Å². The summed E-state index contributed by atoms with van der Waals surface area (Å²) >= 11 is 8.95. The zero-order chi connectivity index (χ0) is 15.5. The van der Waals surface area contributed by atoms with Crippen molar-refractivity contribution in [3.63, 3.8) is 0 Å². The predicted molar refractivity (Wildman–Crippen MR) is 82.5 cm³/mol. The fourth-order valence-corrected chi connectivity index (χ4v) is 2.20. The van der Waals surface area contributed by atoms with Gasteiger partial charge < -0.3 is 13.7 Å². The molecule has 0 aliphatic rings. The van der Waals surface area contributed by atoms with Crippen molar-refractivity contribution in [2.24, 2.45) is 0 Å². The SMILES string of the molecule is O=C(OCc1cc(-c2ccc(Cl)cc2)on1)c1ccc(Br)o1. The molecular weight excluding hydrogens is 374 g/mol. The number of rotatable bonds is 4. The molecule has 112 valence electrons. The maximum absolute atomic E-state index is 11.7. The molecule has 0 aliphatic carbocycles. The molecule has 0 bridgehead atoms. The van der Waals surface area contributed by atoms with Crippen molar-refractivity contribution in [2.45, 2.75) is 6.61 Å². The largest absolute Gasteiger partial charge is 0.453 e. The maximum Gasteiger partial charge on any atom is 0.374 e. The van der Waals surface area contributed by atoms with Crippen molar-refractivity contribution in [1.29, 1.82) is 0 Å². The van der Waals surface area contributed by atoms with Gasteiger partial charge in [0, 0.05) is 16.7 Å². The van der Waals surface area contributed by atoms with E-state index in [0.717, 1.165) is 5.56 Å². The third-order valence-electron chi connectivity index (χ3n) is 2.81. The standard InChI is InChI=1S/C15H9BrClNO4/c16-14-6-5-12(21-14)15(19)20-8-11-7-13(22-18-11)9-1-3-10(17)4-2-9/h1-7H,8H2. The Kier molecular flexibility index (Phi) is 4.31. The fourth-order valence-electron chi connectivity index (χ4n) is 1.76. The number of aromatic nitrogens is 1. The molecule has 0 N–H and O–H groups in total. The van der Waals surface area contributed by atoms with Gasteiger partial charge in [0.1, 0.15) is 12.3 Å². The molecule has 0 saturated heterocycles. The van der Waals surface area contributed by atoms with E-state index < -0.39 is 5.97 Å². The molecule has 22 heavy (non-hydrogen) atoms. The highest BCUT2D eigenvalue weighted by Crippen LogP contribution is 2.23. The Balaban J connectivity index is 1.64. The van der Waals surface area contributed by atoms with Gasteiger partial charge in [0.05, 0.1) is 0 Å². The topological polar surface area (TPSA) is 65.5 Å². The molecule has 0 fully saturated rings. The summed E-state index contributed by atoms with van der Waals surface area (Å²) in [7, 11) is 0. The second-order valence-electron chi connectivity index (χ2n) is 4.37. The number of hydrogen-bond acceptors (Lipinski definition) is 5. The summed E-state index contributed by atoms with van der Waals surface area (Å²) in [4.78, 5) is 11.7. The first-order valence-corrected chi connectivity index (χ1v) is 7.43. The van der Waals surface area contributed by atoms with Gasteiger partial charge in [0.15, 0.2) is 10.4 Å². The third kappa shape index (κ3) is 3.40. The van der Waals surface area contributed by atoms with Gasteiger partial charge in [0.25, 0.3) is 0 Å². The highest BCUT2D eigenvalue weighted by molar-refractivity contribution is 9.10. The van der Waals surface area contributed by atoms with Crippen LogP contribution >= 0.6 is 27.5 Å². The van der Waals surface area contributed by atoms with Gasteiger partial charge in [-0.2, -0.15) is 0 Å². The van der Waals surface area contributed by atoms with Crippen LogP contribution in [0.5, 0.6) is 0 Å². The Morgan fingerprint density at radius 2 is 2.00 bits per heavy atom. The van der Waals surface area contributed by atoms with E-state index in [2.05, 4.69) is 21.1 Å². The van der Waals surface area contributed by atoms with E-state index in [1.54, 1.807) is 24.3 Å². The summed E-state index contributed by atoms with van der Waals surface area (Å²) < 4.78 is 15.9. The second kappa shape index (κ2) is 6.37. The smallest absolute Gasteiger partial charge is 0.374 e. The first-order valence-electron chi connectivity index (χ1n) is 6.26. The minimum absolute atomic E-state index is 0.00571. The van der Waals surface area contributed by atoms with E-state index in [4.69, 9.17) is 25.3 Å². The highest BCUT2D eigenvalue weighted by Gasteiger charge is 2.14. The summed E-state index contributed by atoms with van der Waals surface area (Å²) in [5, 5.41) is 4.50. The third-order valence-corrected chi connectivity index (χ3v) is 3.49. The summed E-state index contributed by atoms with van der Waals surface area (Å²) in [6, 6.07) is 12.0. The van der Waals surface area contributed by atoms with Crippen LogP contribution in [0.3, 0.4) is 0 Å². The summed E-state index contributed by atoms with van der Waals surface area (Å²) in [5.41, 5.74) is 1.34. The first kappa shape index (κ1) is 14.9. The molecular formula is C15H9BrClNO4. The van der Waals surface area contributed by atoms with Crippen molar-refractivity contribution >= 4 is 33.5 Å². The molecule has 0 aliphatic heterocycles. The van der Waals surface area contributed by atoms with Crippen LogP contribution < -0.4 is 0 Å². The van der Waals surface area contributed by atoms with Crippen molar-refractivity contribution in [3.8, 4) is 11.3 Å². The molecule has 0 unspecified atom stereocenters. The second-order valence-corrected chi connectivity index (χ2v) is 5.59. The summed E-state index contributed by atoms with van der Waals surface area (Å²) in [5.74, 6) is 0.124.